The van der Waals surface area contributed by atoms with Crippen LogP contribution in [0.5, 0.6) is 5.75 Å². The number of anilines is 1. The summed E-state index contributed by atoms with van der Waals surface area (Å²) >= 11 is 0. The molecule has 154 valence electrons. The second kappa shape index (κ2) is 10.1. The molecule has 2 aromatic carbocycles. The van der Waals surface area contributed by atoms with Crippen molar-refractivity contribution in [1.29, 1.82) is 0 Å². The van der Waals surface area contributed by atoms with Gasteiger partial charge >= 0.3 is 0 Å². The Balaban J connectivity index is 1.41. The number of aryl methyl sites for hydroxylation is 2. The molecule has 1 N–H and O–H groups in total. The van der Waals surface area contributed by atoms with Crippen LogP contribution in [0.15, 0.2) is 48.5 Å². The normalized spacial score (nSPS) is 14.5. The molecule has 0 radical (unpaired) electrons. The predicted octanol–water partition coefficient (Wildman–Crippen LogP) is 4.20. The molecule has 1 fully saturated rings. The van der Waals surface area contributed by atoms with Crippen LogP contribution in [0.25, 0.3) is 0 Å². The highest BCUT2D eigenvalue weighted by Crippen LogP contribution is 2.26. The highest BCUT2D eigenvalue weighted by atomic mass is 16.5. The van der Waals surface area contributed by atoms with Gasteiger partial charge in [0.2, 0.25) is 11.8 Å². The number of methoxy groups -OCH3 is 1. The van der Waals surface area contributed by atoms with Gasteiger partial charge < -0.3 is 15.0 Å². The largest absolute Gasteiger partial charge is 0.495 e. The van der Waals surface area contributed by atoms with Crippen molar-refractivity contribution in [3.05, 3.63) is 59.7 Å². The highest BCUT2D eigenvalue weighted by Gasteiger charge is 2.27. The molecule has 0 bridgehead atoms. The van der Waals surface area contributed by atoms with Crippen LogP contribution in [-0.4, -0.2) is 36.9 Å². The summed E-state index contributed by atoms with van der Waals surface area (Å²) in [5.74, 6) is 0.778. The predicted molar refractivity (Wildman–Crippen MR) is 115 cm³/mol. The van der Waals surface area contributed by atoms with E-state index in [9.17, 15) is 9.59 Å². The topological polar surface area (TPSA) is 58.6 Å². The Labute approximate surface area is 173 Å². The number of benzene rings is 2. The molecule has 2 amide bonds. The number of nitrogens with one attached hydrogen (secondary N) is 1. The third-order valence-electron chi connectivity index (χ3n) is 5.56. The summed E-state index contributed by atoms with van der Waals surface area (Å²) in [5.41, 5.74) is 3.21. The van der Waals surface area contributed by atoms with E-state index < -0.39 is 0 Å². The van der Waals surface area contributed by atoms with Crippen molar-refractivity contribution in [2.45, 2.75) is 39.0 Å². The molecule has 0 aliphatic carbocycles. The van der Waals surface area contributed by atoms with E-state index in [2.05, 4.69) is 36.5 Å². The second-order valence-electron chi connectivity index (χ2n) is 7.68. The van der Waals surface area contributed by atoms with E-state index >= 15 is 0 Å². The molecule has 1 heterocycles. The van der Waals surface area contributed by atoms with Gasteiger partial charge in [0.1, 0.15) is 5.75 Å². The van der Waals surface area contributed by atoms with E-state index in [1.807, 2.05) is 29.2 Å². The van der Waals surface area contributed by atoms with Crippen molar-refractivity contribution in [1.82, 2.24) is 4.90 Å². The van der Waals surface area contributed by atoms with Gasteiger partial charge in [-0.3, -0.25) is 9.59 Å². The van der Waals surface area contributed by atoms with E-state index in [0.717, 1.165) is 12.8 Å². The van der Waals surface area contributed by atoms with Crippen LogP contribution in [-0.2, 0) is 16.0 Å². The standard InChI is InChI=1S/C24H30N2O3/c1-18-10-12-19(13-11-18)6-5-9-23(27)26-16-14-20(15-17-26)24(28)25-21-7-3-4-8-22(21)29-2/h3-4,7-8,10-13,20H,5-6,9,14-17H2,1-2H3,(H,25,28). The molecule has 0 aromatic heterocycles. The lowest BCUT2D eigenvalue weighted by molar-refractivity contribution is -0.134. The highest BCUT2D eigenvalue weighted by molar-refractivity contribution is 5.94. The zero-order chi connectivity index (χ0) is 20.6. The molecule has 2 aromatic rings. The first-order valence-corrected chi connectivity index (χ1v) is 10.3. The van der Waals surface area contributed by atoms with Crippen LogP contribution in [0, 0.1) is 12.8 Å². The number of likely N-dealkylation sites (tertiary alicyclic amines) is 1. The number of para-hydroxylation sites is 2. The Morgan fingerprint density at radius 3 is 2.45 bits per heavy atom. The van der Waals surface area contributed by atoms with E-state index in [1.165, 1.54) is 11.1 Å². The number of amides is 2. The number of hydrogen-bond acceptors (Lipinski definition) is 3. The molecule has 5 nitrogen and oxygen atoms in total. The van der Waals surface area contributed by atoms with Crippen molar-refractivity contribution in [3.8, 4) is 5.75 Å². The molecule has 5 heteroatoms. The van der Waals surface area contributed by atoms with Crippen LogP contribution in [0.1, 0.15) is 36.8 Å². The summed E-state index contributed by atoms with van der Waals surface area (Å²) in [4.78, 5) is 27.0. The average molecular weight is 395 g/mol. The first kappa shape index (κ1) is 20.9. The van der Waals surface area contributed by atoms with Crippen molar-refractivity contribution < 1.29 is 14.3 Å². The monoisotopic (exact) mass is 394 g/mol. The minimum absolute atomic E-state index is 0.000898. The number of rotatable bonds is 7. The number of carbonyl (C=O) groups excluding carboxylic acids is 2. The van der Waals surface area contributed by atoms with E-state index in [1.54, 1.807) is 7.11 Å². The molecule has 29 heavy (non-hydrogen) atoms. The van der Waals surface area contributed by atoms with E-state index in [0.29, 0.717) is 43.8 Å². The fourth-order valence-corrected chi connectivity index (χ4v) is 3.73. The molecule has 1 saturated heterocycles. The molecule has 0 saturated carbocycles. The maximum atomic E-state index is 12.6. The Morgan fingerprint density at radius 2 is 1.76 bits per heavy atom. The van der Waals surface area contributed by atoms with Crippen molar-refractivity contribution in [3.63, 3.8) is 0 Å². The number of nitrogens with zero attached hydrogens (tertiary/aromatic N) is 1. The quantitative estimate of drug-likeness (QED) is 0.766. The maximum absolute atomic E-state index is 12.6. The Morgan fingerprint density at radius 1 is 1.07 bits per heavy atom. The third kappa shape index (κ3) is 5.83. The van der Waals surface area contributed by atoms with Gasteiger partial charge in [-0.2, -0.15) is 0 Å². The van der Waals surface area contributed by atoms with Crippen molar-refractivity contribution in [2.75, 3.05) is 25.5 Å². The summed E-state index contributed by atoms with van der Waals surface area (Å²) in [6.45, 7) is 3.37. The van der Waals surface area contributed by atoms with Gasteiger partial charge in [0.05, 0.1) is 12.8 Å². The average Bonchev–Trinajstić information content (AvgIpc) is 2.75. The number of carbonyl (C=O) groups is 2. The lowest BCUT2D eigenvalue weighted by Crippen LogP contribution is -2.41. The Bertz CT molecular complexity index is 824. The third-order valence-corrected chi connectivity index (χ3v) is 5.56. The molecular weight excluding hydrogens is 364 g/mol. The van der Waals surface area contributed by atoms with Crippen LogP contribution >= 0.6 is 0 Å². The number of piperidine rings is 1. The zero-order valence-corrected chi connectivity index (χ0v) is 17.3. The molecule has 0 atom stereocenters. The van der Waals surface area contributed by atoms with Gasteiger partial charge in [-0.05, 0) is 50.3 Å². The maximum Gasteiger partial charge on any atom is 0.227 e. The smallest absolute Gasteiger partial charge is 0.227 e. The molecule has 0 unspecified atom stereocenters. The molecular formula is C24H30N2O3. The van der Waals surface area contributed by atoms with Crippen LogP contribution in [0.4, 0.5) is 5.69 Å². The molecule has 3 rings (SSSR count). The fourth-order valence-electron chi connectivity index (χ4n) is 3.73. The summed E-state index contributed by atoms with van der Waals surface area (Å²) < 4.78 is 5.29. The minimum atomic E-state index is -0.0727. The Hall–Kier alpha value is -2.82. The summed E-state index contributed by atoms with van der Waals surface area (Å²) in [5, 5.41) is 2.96. The second-order valence-corrected chi connectivity index (χ2v) is 7.68. The van der Waals surface area contributed by atoms with E-state index in [-0.39, 0.29) is 17.7 Å². The lowest BCUT2D eigenvalue weighted by Gasteiger charge is -2.31. The van der Waals surface area contributed by atoms with Gasteiger partial charge in [-0.25, -0.2) is 0 Å². The van der Waals surface area contributed by atoms with Gasteiger partial charge in [0.15, 0.2) is 0 Å². The molecule has 0 spiro atoms. The van der Waals surface area contributed by atoms with Gasteiger partial charge in [-0.15, -0.1) is 0 Å². The van der Waals surface area contributed by atoms with Crippen molar-refractivity contribution >= 4 is 17.5 Å². The minimum Gasteiger partial charge on any atom is -0.495 e. The summed E-state index contributed by atoms with van der Waals surface area (Å²) in [6, 6.07) is 15.9. The van der Waals surface area contributed by atoms with Gasteiger partial charge in [0.25, 0.3) is 0 Å². The first-order chi connectivity index (χ1) is 14.1. The fraction of sp³-hybridized carbons (Fsp3) is 0.417. The SMILES string of the molecule is COc1ccccc1NC(=O)C1CCN(C(=O)CCCc2ccc(C)cc2)CC1. The van der Waals surface area contributed by atoms with Crippen LogP contribution in [0.3, 0.4) is 0 Å². The van der Waals surface area contributed by atoms with Crippen LogP contribution in [0.2, 0.25) is 0 Å². The van der Waals surface area contributed by atoms with Gasteiger partial charge in [0, 0.05) is 25.4 Å². The van der Waals surface area contributed by atoms with Crippen LogP contribution < -0.4 is 10.1 Å². The molecule has 1 aliphatic rings. The molecule has 1 aliphatic heterocycles. The number of ether oxygens (including phenoxy) is 1. The number of hydrogen-bond donors (Lipinski definition) is 1. The summed E-state index contributed by atoms with van der Waals surface area (Å²) in [6.07, 6.45) is 3.74. The zero-order valence-electron chi connectivity index (χ0n) is 17.3. The van der Waals surface area contributed by atoms with Crippen molar-refractivity contribution in [2.24, 2.45) is 5.92 Å². The Kier molecular flexibility index (Phi) is 7.28. The van der Waals surface area contributed by atoms with Gasteiger partial charge in [-0.1, -0.05) is 42.0 Å². The lowest BCUT2D eigenvalue weighted by atomic mass is 9.95. The first-order valence-electron chi connectivity index (χ1n) is 10.3. The summed E-state index contributed by atoms with van der Waals surface area (Å²) in [7, 11) is 1.59. The van der Waals surface area contributed by atoms with E-state index in [4.69, 9.17) is 4.74 Å².